The minimum Gasteiger partial charge on any atom is -0.351 e. The van der Waals surface area contributed by atoms with Crippen molar-refractivity contribution in [1.29, 1.82) is 0 Å². The van der Waals surface area contributed by atoms with Crippen molar-refractivity contribution in [2.45, 2.75) is 20.6 Å². The van der Waals surface area contributed by atoms with Crippen LogP contribution in [0, 0.1) is 0 Å². The molecule has 0 radical (unpaired) electrons. The molecule has 0 aromatic rings. The maximum Gasteiger partial charge on any atom is 0.275 e. The lowest BCUT2D eigenvalue weighted by Crippen LogP contribution is -2.75. The Labute approximate surface area is 120 Å². The Balaban J connectivity index is 2.66. The highest BCUT2D eigenvalue weighted by atomic mass is 35.5. The van der Waals surface area contributed by atoms with Crippen molar-refractivity contribution < 1.29 is 14.6 Å². The molecule has 1 saturated heterocycles. The van der Waals surface area contributed by atoms with E-state index in [1.165, 1.54) is 0 Å². The normalized spacial score (nSPS) is 52.4. The number of rotatable bonds is 0. The minimum atomic E-state index is -2.52. The summed E-state index contributed by atoms with van der Waals surface area (Å²) < 4.78 is 4.65. The van der Waals surface area contributed by atoms with Gasteiger partial charge in [0.25, 0.3) is 5.25 Å². The van der Waals surface area contributed by atoms with Crippen molar-refractivity contribution in [3.8, 4) is 0 Å². The summed E-state index contributed by atoms with van der Waals surface area (Å²) in [5.41, 5.74) is -1.56. The molecular weight excluding hydrogens is 345 g/mol. The molecule has 0 aromatic heterocycles. The Morgan fingerprint density at radius 2 is 1.69 bits per heavy atom. The molecular formula is C7H2Cl6O3. The van der Waals surface area contributed by atoms with Gasteiger partial charge in [-0.3, -0.25) is 4.79 Å². The van der Waals surface area contributed by atoms with Gasteiger partial charge in [-0.05, 0) is 0 Å². The smallest absolute Gasteiger partial charge is 0.275 e. The summed E-state index contributed by atoms with van der Waals surface area (Å²) in [4.78, 5) is 7.71. The lowest BCUT2D eigenvalue weighted by molar-refractivity contribution is -0.200. The molecule has 2 rings (SSSR count). The summed E-state index contributed by atoms with van der Waals surface area (Å²) in [6, 6.07) is 0. The van der Waals surface area contributed by atoms with Crippen molar-refractivity contribution in [3.05, 3.63) is 10.1 Å². The van der Waals surface area contributed by atoms with E-state index in [4.69, 9.17) is 69.6 Å². The molecule has 4 atom stereocenters. The summed E-state index contributed by atoms with van der Waals surface area (Å²) in [5.74, 6) is -0.828. The average molecular weight is 347 g/mol. The van der Waals surface area contributed by atoms with Gasteiger partial charge in [-0.25, -0.2) is 0 Å². The molecule has 2 aliphatic rings. The monoisotopic (exact) mass is 344 g/mol. The van der Waals surface area contributed by atoms with Gasteiger partial charge < -0.3 is 9.84 Å². The highest BCUT2D eigenvalue weighted by molar-refractivity contribution is 6.64. The number of hydrogen-bond donors (Lipinski definition) is 1. The summed E-state index contributed by atoms with van der Waals surface area (Å²) in [7, 11) is 0. The topological polar surface area (TPSA) is 46.5 Å². The second-order valence-electron chi connectivity index (χ2n) is 3.30. The SMILES string of the molecule is O=C1C(Cl)OC(O)(Cl)C2(Cl)C(Cl)=C(Cl)C12Cl. The molecule has 1 aliphatic carbocycles. The fraction of sp³-hybridized carbons (Fsp3) is 0.571. The number of ether oxygens (including phenoxy) is 1. The lowest BCUT2D eigenvalue weighted by Gasteiger charge is -2.57. The number of carbonyl (C=O) groups is 1. The van der Waals surface area contributed by atoms with Gasteiger partial charge in [-0.1, -0.05) is 46.4 Å². The number of halogens is 6. The molecule has 0 bridgehead atoms. The second-order valence-corrected chi connectivity index (χ2v) is 6.10. The molecule has 1 fully saturated rings. The van der Waals surface area contributed by atoms with Gasteiger partial charge in [-0.15, -0.1) is 23.2 Å². The molecule has 0 aromatic carbocycles. The molecule has 9 heteroatoms. The number of aliphatic hydroxyl groups is 1. The number of hydrogen-bond acceptors (Lipinski definition) is 3. The van der Waals surface area contributed by atoms with Gasteiger partial charge in [0, 0.05) is 0 Å². The van der Waals surface area contributed by atoms with Crippen molar-refractivity contribution in [2.75, 3.05) is 0 Å². The average Bonchev–Trinajstić information content (AvgIpc) is 2.21. The predicted molar refractivity (Wildman–Crippen MR) is 62.4 cm³/mol. The third kappa shape index (κ3) is 1.19. The van der Waals surface area contributed by atoms with Crippen molar-refractivity contribution in [3.63, 3.8) is 0 Å². The van der Waals surface area contributed by atoms with Gasteiger partial charge in [0.15, 0.2) is 15.3 Å². The van der Waals surface area contributed by atoms with E-state index in [9.17, 15) is 9.90 Å². The zero-order valence-corrected chi connectivity index (χ0v) is 11.6. The van der Waals surface area contributed by atoms with Gasteiger partial charge in [0.2, 0.25) is 5.78 Å². The highest BCUT2D eigenvalue weighted by Crippen LogP contribution is 2.67. The van der Waals surface area contributed by atoms with Crippen LogP contribution in [0.1, 0.15) is 0 Å². The Hall–Kier alpha value is 1.07. The summed E-state index contributed by atoms with van der Waals surface area (Å²) in [5, 5.41) is 6.79. The maximum absolute atomic E-state index is 11.7. The number of carbonyl (C=O) groups excluding carboxylic acids is 1. The highest BCUT2D eigenvalue weighted by Gasteiger charge is 2.80. The minimum absolute atomic E-state index is 0.219. The second kappa shape index (κ2) is 3.55. The molecule has 0 amide bonds. The Morgan fingerprint density at radius 1 is 1.19 bits per heavy atom. The quantitative estimate of drug-likeness (QED) is 0.686. The van der Waals surface area contributed by atoms with Crippen LogP contribution >= 0.6 is 69.6 Å². The number of allylic oxidation sites excluding steroid dienone is 1. The fourth-order valence-electron chi connectivity index (χ4n) is 1.60. The van der Waals surface area contributed by atoms with E-state index in [0.29, 0.717) is 0 Å². The van der Waals surface area contributed by atoms with Crippen LogP contribution in [0.2, 0.25) is 0 Å². The molecule has 1 N–H and O–H groups in total. The summed E-state index contributed by atoms with van der Waals surface area (Å²) in [6.45, 7) is 0. The summed E-state index contributed by atoms with van der Waals surface area (Å²) >= 11 is 34.5. The molecule has 1 heterocycles. The first-order valence-corrected chi connectivity index (χ1v) is 6.15. The van der Waals surface area contributed by atoms with Gasteiger partial charge >= 0.3 is 0 Å². The maximum atomic E-state index is 11.7. The third-order valence-corrected chi connectivity index (χ3v) is 5.98. The Bertz CT molecular complexity index is 420. The number of fused-ring (bicyclic) bond motifs is 1. The van der Waals surface area contributed by atoms with E-state index in [2.05, 4.69) is 4.74 Å². The van der Waals surface area contributed by atoms with Gasteiger partial charge in [-0.2, -0.15) is 0 Å². The van der Waals surface area contributed by atoms with Crippen LogP contribution in [0.3, 0.4) is 0 Å². The van der Waals surface area contributed by atoms with Gasteiger partial charge in [0.05, 0.1) is 10.1 Å². The number of Topliss-reactive ketones (excluding diaryl/α,β-unsaturated/α-hetero) is 1. The third-order valence-electron chi connectivity index (χ3n) is 2.50. The molecule has 0 saturated carbocycles. The molecule has 4 unspecified atom stereocenters. The van der Waals surface area contributed by atoms with E-state index >= 15 is 0 Å². The first kappa shape index (κ1) is 13.5. The van der Waals surface area contributed by atoms with E-state index in [0.717, 1.165) is 0 Å². The van der Waals surface area contributed by atoms with Crippen LogP contribution in [-0.4, -0.2) is 31.4 Å². The standard InChI is InChI=1S/C7H2Cl6O3/c8-1-2(9)6(12)5(1,11)3(14)4(10)16-7(6,13)15/h4,15H. The molecule has 3 nitrogen and oxygen atoms in total. The van der Waals surface area contributed by atoms with E-state index in [1.807, 2.05) is 0 Å². The molecule has 1 aliphatic heterocycles. The number of alkyl halides is 4. The molecule has 90 valence electrons. The zero-order valence-electron chi connectivity index (χ0n) is 7.11. The molecule has 0 spiro atoms. The van der Waals surface area contributed by atoms with Gasteiger partial charge in [0.1, 0.15) is 0 Å². The van der Waals surface area contributed by atoms with E-state index in [-0.39, 0.29) is 10.1 Å². The van der Waals surface area contributed by atoms with Crippen LogP contribution in [0.5, 0.6) is 0 Å². The van der Waals surface area contributed by atoms with E-state index < -0.39 is 26.3 Å². The largest absolute Gasteiger partial charge is 0.351 e. The zero-order chi connectivity index (χ0) is 12.5. The van der Waals surface area contributed by atoms with Crippen molar-refractivity contribution >= 4 is 75.4 Å². The lowest BCUT2D eigenvalue weighted by atomic mass is 9.74. The van der Waals surface area contributed by atoms with E-state index in [1.54, 1.807) is 0 Å². The fourth-order valence-corrected chi connectivity index (χ4v) is 4.14. The van der Waals surface area contributed by atoms with Crippen LogP contribution < -0.4 is 0 Å². The Morgan fingerprint density at radius 3 is 2.19 bits per heavy atom. The predicted octanol–water partition coefficient (Wildman–Crippen LogP) is 2.69. The van der Waals surface area contributed by atoms with Crippen molar-refractivity contribution in [1.82, 2.24) is 0 Å². The van der Waals surface area contributed by atoms with Crippen LogP contribution in [-0.2, 0) is 9.53 Å². The first-order chi connectivity index (χ1) is 7.10. The molecule has 16 heavy (non-hydrogen) atoms. The van der Waals surface area contributed by atoms with Crippen LogP contribution in [0.15, 0.2) is 10.1 Å². The number of ketones is 1. The van der Waals surface area contributed by atoms with Crippen molar-refractivity contribution in [2.24, 2.45) is 0 Å². The summed E-state index contributed by atoms with van der Waals surface area (Å²) in [6.07, 6.45) is 0. The van der Waals surface area contributed by atoms with Crippen LogP contribution in [0.4, 0.5) is 0 Å². The first-order valence-electron chi connectivity index (χ1n) is 3.82. The Kier molecular flexibility index (Phi) is 2.99. The van der Waals surface area contributed by atoms with Crippen LogP contribution in [0.25, 0.3) is 0 Å².